The third-order valence-corrected chi connectivity index (χ3v) is 6.54. The summed E-state index contributed by atoms with van der Waals surface area (Å²) in [4.78, 5) is 26.7. The highest BCUT2D eigenvalue weighted by molar-refractivity contribution is 5.99. The summed E-state index contributed by atoms with van der Waals surface area (Å²) in [5, 5.41) is 3.56. The van der Waals surface area contributed by atoms with Crippen LogP contribution >= 0.6 is 0 Å². The molecule has 1 aromatic carbocycles. The van der Waals surface area contributed by atoms with Gasteiger partial charge in [-0.1, -0.05) is 0 Å². The highest BCUT2D eigenvalue weighted by Gasteiger charge is 2.49. The molecule has 35 heavy (non-hydrogen) atoms. The normalized spacial score (nSPS) is 19.1. The number of carbonyl (C=O) groups is 2. The van der Waals surface area contributed by atoms with Crippen LogP contribution in [-0.4, -0.2) is 52.1 Å². The second-order valence-electron chi connectivity index (χ2n) is 10.2. The maximum atomic E-state index is 14.4. The number of alkyl halides is 3. The maximum absolute atomic E-state index is 14.4. The zero-order chi connectivity index (χ0) is 25.8. The number of nitrogens with zero attached hydrogens (tertiary/aromatic N) is 2. The lowest BCUT2D eigenvalue weighted by atomic mass is 9.79. The molecule has 1 aromatic heterocycles. The Morgan fingerprint density at radius 3 is 2.34 bits per heavy atom. The molecule has 2 aliphatic heterocycles. The van der Waals surface area contributed by atoms with E-state index in [1.165, 1.54) is 22.8 Å². The van der Waals surface area contributed by atoms with Gasteiger partial charge in [-0.3, -0.25) is 14.9 Å². The molecule has 0 unspecified atom stereocenters. The summed E-state index contributed by atoms with van der Waals surface area (Å²) in [6.45, 7) is 8.16. The number of aromatic nitrogens is 1. The molecule has 0 radical (unpaired) electrons. The number of Topliss-reactive ketones (excluding diaryl/α,β-unsaturated/α-hetero) is 1. The van der Waals surface area contributed by atoms with E-state index in [0.717, 1.165) is 6.07 Å². The standard InChI is InChI=1S/C25H29F4N3O3.H2/c1-15(2)35-19-7-5-16(13-17(19)26)22(34)31-11-9-24(10-12-31)20-8-6-18(21(33)25(27,28)29)32(20)14-23(3,4)30-24;/h5-8,13,15,30H,9-12,14H2,1-4H3;1H. The number of ether oxygens (including phenoxy) is 1. The lowest BCUT2D eigenvalue weighted by Gasteiger charge is -2.51. The molecule has 2 aromatic rings. The van der Waals surface area contributed by atoms with E-state index in [0.29, 0.717) is 31.6 Å². The monoisotopic (exact) mass is 497 g/mol. The van der Waals surface area contributed by atoms with E-state index in [2.05, 4.69) is 5.32 Å². The number of hydrogen-bond donors (Lipinski definition) is 1. The first-order chi connectivity index (χ1) is 16.2. The number of carbonyl (C=O) groups excluding carboxylic acids is 2. The van der Waals surface area contributed by atoms with Crippen molar-refractivity contribution in [3.63, 3.8) is 0 Å². The van der Waals surface area contributed by atoms with E-state index in [-0.39, 0.29) is 37.0 Å². The first-order valence-electron chi connectivity index (χ1n) is 11.6. The minimum absolute atomic E-state index is 0. The summed E-state index contributed by atoms with van der Waals surface area (Å²) in [5.41, 5.74) is -0.832. The molecule has 0 saturated carbocycles. The number of amides is 1. The van der Waals surface area contributed by atoms with Gasteiger partial charge in [-0.2, -0.15) is 13.2 Å². The van der Waals surface area contributed by atoms with Crippen LogP contribution in [0.4, 0.5) is 17.6 Å². The Labute approximate surface area is 202 Å². The zero-order valence-corrected chi connectivity index (χ0v) is 20.1. The van der Waals surface area contributed by atoms with E-state index in [4.69, 9.17) is 4.74 Å². The van der Waals surface area contributed by atoms with Crippen molar-refractivity contribution in [2.24, 2.45) is 0 Å². The van der Waals surface area contributed by atoms with E-state index in [9.17, 15) is 27.2 Å². The van der Waals surface area contributed by atoms with Crippen molar-refractivity contribution in [3.05, 3.63) is 53.1 Å². The number of fused-ring (bicyclic) bond motifs is 2. The van der Waals surface area contributed by atoms with Gasteiger partial charge in [-0.15, -0.1) is 0 Å². The van der Waals surface area contributed by atoms with Crippen molar-refractivity contribution in [2.45, 2.75) is 70.4 Å². The quantitative estimate of drug-likeness (QED) is 0.481. The summed E-state index contributed by atoms with van der Waals surface area (Å²) in [6, 6.07) is 6.92. The molecule has 10 heteroatoms. The van der Waals surface area contributed by atoms with Crippen molar-refractivity contribution in [1.29, 1.82) is 0 Å². The molecule has 1 fully saturated rings. The number of ketones is 1. The van der Waals surface area contributed by atoms with E-state index < -0.39 is 28.9 Å². The van der Waals surface area contributed by atoms with E-state index >= 15 is 0 Å². The molecule has 0 atom stereocenters. The fraction of sp³-hybridized carbons (Fsp3) is 0.520. The SMILES string of the molecule is CC(C)Oc1ccc(C(=O)N2CCC3(CC2)NC(C)(C)Cn2c(C(=O)C(F)(F)F)ccc23)cc1F.[HH]. The van der Waals surface area contributed by atoms with Gasteiger partial charge in [-0.05, 0) is 70.9 Å². The van der Waals surface area contributed by atoms with Crippen molar-refractivity contribution >= 4 is 11.7 Å². The topological polar surface area (TPSA) is 63.6 Å². The first-order valence-corrected chi connectivity index (χ1v) is 11.6. The Kier molecular flexibility index (Phi) is 6.24. The number of rotatable bonds is 4. The van der Waals surface area contributed by atoms with Gasteiger partial charge in [0.15, 0.2) is 11.6 Å². The summed E-state index contributed by atoms with van der Waals surface area (Å²) in [5.74, 6) is -2.73. The van der Waals surface area contributed by atoms with Crippen LogP contribution in [0.25, 0.3) is 0 Å². The molecule has 3 heterocycles. The van der Waals surface area contributed by atoms with Crippen molar-refractivity contribution in [2.75, 3.05) is 13.1 Å². The summed E-state index contributed by atoms with van der Waals surface area (Å²) in [7, 11) is 0. The van der Waals surface area contributed by atoms with Gasteiger partial charge in [-0.25, -0.2) is 4.39 Å². The highest BCUT2D eigenvalue weighted by atomic mass is 19.4. The molecular formula is C25H31F4N3O3. The van der Waals surface area contributed by atoms with E-state index in [1.807, 2.05) is 13.8 Å². The van der Waals surface area contributed by atoms with Crippen molar-refractivity contribution in [1.82, 2.24) is 14.8 Å². The van der Waals surface area contributed by atoms with Gasteiger partial charge < -0.3 is 14.2 Å². The largest absolute Gasteiger partial charge is 0.488 e. The summed E-state index contributed by atoms with van der Waals surface area (Å²) in [6.07, 6.45) is -4.30. The lowest BCUT2D eigenvalue weighted by Crippen LogP contribution is -2.63. The number of nitrogens with one attached hydrogen (secondary N) is 1. The van der Waals surface area contributed by atoms with Crippen molar-refractivity contribution < 1.29 is 33.3 Å². The molecule has 1 N–H and O–H groups in total. The van der Waals surface area contributed by atoms with Crippen LogP contribution < -0.4 is 10.1 Å². The second kappa shape index (κ2) is 8.65. The summed E-state index contributed by atoms with van der Waals surface area (Å²) >= 11 is 0. The molecule has 192 valence electrons. The Balaban J connectivity index is 0.00000361. The minimum atomic E-state index is -4.96. The van der Waals surface area contributed by atoms with Crippen LogP contribution in [0.5, 0.6) is 5.75 Å². The maximum Gasteiger partial charge on any atom is 0.456 e. The Morgan fingerprint density at radius 1 is 1.11 bits per heavy atom. The smallest absolute Gasteiger partial charge is 0.456 e. The molecular weight excluding hydrogens is 466 g/mol. The van der Waals surface area contributed by atoms with Gasteiger partial charge in [0.05, 0.1) is 17.3 Å². The molecule has 6 nitrogen and oxygen atoms in total. The number of halogens is 4. The van der Waals surface area contributed by atoms with Crippen LogP contribution in [0.2, 0.25) is 0 Å². The van der Waals surface area contributed by atoms with E-state index in [1.54, 1.807) is 24.8 Å². The Hall–Kier alpha value is -2.88. The molecule has 0 aliphatic carbocycles. The van der Waals surface area contributed by atoms with Crippen LogP contribution in [0.1, 0.15) is 68.5 Å². The Morgan fingerprint density at radius 2 is 1.77 bits per heavy atom. The van der Waals surface area contributed by atoms with Gasteiger partial charge >= 0.3 is 6.18 Å². The minimum Gasteiger partial charge on any atom is -0.488 e. The first kappa shape index (κ1) is 25.2. The average Bonchev–Trinajstić information content (AvgIpc) is 3.17. The fourth-order valence-corrected chi connectivity index (χ4v) is 5.18. The third-order valence-electron chi connectivity index (χ3n) is 6.54. The molecule has 0 bridgehead atoms. The van der Waals surface area contributed by atoms with Crippen LogP contribution in [0, 0.1) is 5.82 Å². The number of benzene rings is 1. The summed E-state index contributed by atoms with van der Waals surface area (Å²) < 4.78 is 60.8. The third kappa shape index (κ3) is 4.80. The fourth-order valence-electron chi connectivity index (χ4n) is 5.18. The van der Waals surface area contributed by atoms with Crippen molar-refractivity contribution in [3.8, 4) is 5.75 Å². The van der Waals surface area contributed by atoms with Gasteiger partial charge in [0, 0.05) is 37.9 Å². The van der Waals surface area contributed by atoms with Crippen LogP contribution in [0.3, 0.4) is 0 Å². The molecule has 2 aliphatic rings. The number of hydrogen-bond acceptors (Lipinski definition) is 4. The number of piperidine rings is 1. The molecule has 1 spiro atoms. The predicted octanol–water partition coefficient (Wildman–Crippen LogP) is 4.92. The van der Waals surface area contributed by atoms with Gasteiger partial charge in [0.25, 0.3) is 11.7 Å². The molecule has 1 amide bonds. The van der Waals surface area contributed by atoms with Crippen LogP contribution in [-0.2, 0) is 12.1 Å². The second-order valence-corrected chi connectivity index (χ2v) is 10.2. The van der Waals surface area contributed by atoms with Gasteiger partial charge in [0.1, 0.15) is 0 Å². The molecule has 1 saturated heterocycles. The Bertz CT molecular complexity index is 1150. The predicted molar refractivity (Wildman–Crippen MR) is 123 cm³/mol. The van der Waals surface area contributed by atoms with Crippen LogP contribution in [0.15, 0.2) is 30.3 Å². The lowest BCUT2D eigenvalue weighted by molar-refractivity contribution is -0.0892. The average molecular weight is 498 g/mol. The van der Waals surface area contributed by atoms with Gasteiger partial charge in [0.2, 0.25) is 0 Å². The number of likely N-dealkylation sites (tertiary alicyclic amines) is 1. The zero-order valence-electron chi connectivity index (χ0n) is 20.1. The molecule has 4 rings (SSSR count). The highest BCUT2D eigenvalue weighted by Crippen LogP contribution is 2.41.